The molecule has 0 atom stereocenters. The lowest BCUT2D eigenvalue weighted by atomic mass is 10.1. The fraction of sp³-hybridized carbons (Fsp3) is 0.111. The van der Waals surface area contributed by atoms with Crippen LogP contribution in [0.3, 0.4) is 0 Å². The van der Waals surface area contributed by atoms with Gasteiger partial charge in [0.05, 0.1) is 40.8 Å². The lowest BCUT2D eigenvalue weighted by Gasteiger charge is -2.14. The van der Waals surface area contributed by atoms with Crippen LogP contribution in [-0.2, 0) is 24.1 Å². The summed E-state index contributed by atoms with van der Waals surface area (Å²) in [4.78, 5) is 37.9. The van der Waals surface area contributed by atoms with Crippen molar-refractivity contribution in [3.05, 3.63) is 105 Å². The van der Waals surface area contributed by atoms with Gasteiger partial charge in [0, 0.05) is 10.4 Å². The zero-order chi connectivity index (χ0) is 27.9. The second kappa shape index (κ2) is 10.2. The summed E-state index contributed by atoms with van der Waals surface area (Å²) >= 11 is 6.54. The third kappa shape index (κ3) is 5.55. The van der Waals surface area contributed by atoms with E-state index in [1.165, 1.54) is 35.1 Å². The number of benzene rings is 3. The Bertz CT molecular complexity index is 1680. The zero-order valence-electron chi connectivity index (χ0n) is 19.8. The van der Waals surface area contributed by atoms with Crippen LogP contribution in [0.2, 0.25) is 5.02 Å². The van der Waals surface area contributed by atoms with Crippen LogP contribution in [0, 0.1) is 0 Å². The van der Waals surface area contributed by atoms with Crippen molar-refractivity contribution in [3.63, 3.8) is 0 Å². The van der Waals surface area contributed by atoms with E-state index in [9.17, 15) is 27.6 Å². The van der Waals surface area contributed by atoms with Gasteiger partial charge in [0.15, 0.2) is 0 Å². The molecule has 5 rings (SSSR count). The number of halogens is 4. The summed E-state index contributed by atoms with van der Waals surface area (Å²) in [6, 6.07) is 14.7. The number of thioether (sulfide) groups is 1. The van der Waals surface area contributed by atoms with Crippen molar-refractivity contribution < 1.29 is 32.7 Å². The fourth-order valence-electron chi connectivity index (χ4n) is 4.21. The highest BCUT2D eigenvalue weighted by Crippen LogP contribution is 2.35. The van der Waals surface area contributed by atoms with Gasteiger partial charge in [0.2, 0.25) is 0 Å². The number of aromatic carboxylic acids is 1. The number of alkyl halides is 3. The molecule has 7 nitrogen and oxygen atoms in total. The molecule has 1 N–H and O–H groups in total. The van der Waals surface area contributed by atoms with Gasteiger partial charge in [-0.2, -0.15) is 18.3 Å². The van der Waals surface area contributed by atoms with E-state index in [2.05, 4.69) is 5.10 Å². The molecule has 0 unspecified atom stereocenters. The molecule has 0 saturated carbocycles. The molecule has 1 fully saturated rings. The zero-order valence-corrected chi connectivity index (χ0v) is 21.3. The molecule has 2 heterocycles. The van der Waals surface area contributed by atoms with E-state index in [4.69, 9.17) is 16.7 Å². The summed E-state index contributed by atoms with van der Waals surface area (Å²) in [6.45, 7) is -0.198. The molecule has 1 aliphatic heterocycles. The standard InChI is InChI=1S/C27H17ClF3N3O4S/c28-20-6-5-18(21(11-20)27(29,30)31)14-34-22-7-4-15(8-19(22)12-32-34)10-23-24(35)33(26(38)39-23)13-16-2-1-3-17(9-16)25(36)37/h1-12H,13-14H2,(H,36,37)/b23-10-. The van der Waals surface area contributed by atoms with Crippen LogP contribution in [0.15, 0.2) is 71.8 Å². The molecular formula is C27H17ClF3N3O4S. The first-order valence-corrected chi connectivity index (χ1v) is 12.6. The Hall–Kier alpha value is -4.09. The normalized spacial score (nSPS) is 15.1. The van der Waals surface area contributed by atoms with E-state index in [1.54, 1.807) is 36.4 Å². The second-order valence-corrected chi connectivity index (χ2v) is 10.1. The van der Waals surface area contributed by atoms with Gasteiger partial charge in [0.25, 0.3) is 11.1 Å². The number of aromatic nitrogens is 2. The van der Waals surface area contributed by atoms with Crippen LogP contribution in [0.25, 0.3) is 17.0 Å². The summed E-state index contributed by atoms with van der Waals surface area (Å²) in [5.74, 6) is -1.62. The molecule has 0 spiro atoms. The Morgan fingerprint density at radius 1 is 1.05 bits per heavy atom. The first kappa shape index (κ1) is 26.5. The van der Waals surface area contributed by atoms with Crippen LogP contribution in [0.5, 0.6) is 0 Å². The van der Waals surface area contributed by atoms with Crippen molar-refractivity contribution in [1.29, 1.82) is 0 Å². The summed E-state index contributed by atoms with van der Waals surface area (Å²) in [5.41, 5.74) is 0.921. The van der Waals surface area contributed by atoms with E-state index in [1.807, 2.05) is 0 Å². The molecular weight excluding hydrogens is 555 g/mol. The molecule has 1 aliphatic rings. The first-order chi connectivity index (χ1) is 18.5. The summed E-state index contributed by atoms with van der Waals surface area (Å²) in [6.07, 6.45) is -1.51. The Morgan fingerprint density at radius 2 is 1.85 bits per heavy atom. The number of carbonyl (C=O) groups is 3. The maximum atomic E-state index is 13.5. The molecule has 0 radical (unpaired) electrons. The van der Waals surface area contributed by atoms with Gasteiger partial charge in [-0.3, -0.25) is 19.2 Å². The molecule has 1 saturated heterocycles. The SMILES string of the molecule is O=C(O)c1cccc(CN2C(=O)S/C(=C\c3ccc4c(cnn4Cc4ccc(Cl)cc4C(F)(F)F)c3)C2=O)c1. The van der Waals surface area contributed by atoms with Gasteiger partial charge in [-0.25, -0.2) is 4.79 Å². The molecule has 198 valence electrons. The third-order valence-electron chi connectivity index (χ3n) is 6.05. The summed E-state index contributed by atoms with van der Waals surface area (Å²) in [7, 11) is 0. The van der Waals surface area contributed by atoms with Crippen molar-refractivity contribution in [1.82, 2.24) is 14.7 Å². The molecule has 1 aromatic heterocycles. The smallest absolute Gasteiger partial charge is 0.416 e. The van der Waals surface area contributed by atoms with Crippen molar-refractivity contribution in [2.45, 2.75) is 19.3 Å². The average molecular weight is 572 g/mol. The maximum Gasteiger partial charge on any atom is 0.416 e. The molecule has 4 aromatic rings. The van der Waals surface area contributed by atoms with Crippen LogP contribution < -0.4 is 0 Å². The number of hydrogen-bond acceptors (Lipinski definition) is 5. The number of rotatable bonds is 6. The Morgan fingerprint density at radius 3 is 2.59 bits per heavy atom. The number of imide groups is 1. The lowest BCUT2D eigenvalue weighted by Crippen LogP contribution is -2.27. The second-order valence-electron chi connectivity index (χ2n) is 8.69. The predicted octanol–water partition coefficient (Wildman–Crippen LogP) is 6.69. The van der Waals surface area contributed by atoms with Crippen molar-refractivity contribution in [2.24, 2.45) is 0 Å². The highest BCUT2D eigenvalue weighted by atomic mass is 35.5. The molecule has 39 heavy (non-hydrogen) atoms. The number of carboxylic acids is 1. The lowest BCUT2D eigenvalue weighted by molar-refractivity contribution is -0.138. The minimum Gasteiger partial charge on any atom is -0.478 e. The Balaban J connectivity index is 1.37. The molecule has 3 aromatic carbocycles. The van der Waals surface area contributed by atoms with Gasteiger partial charge >= 0.3 is 12.1 Å². The van der Waals surface area contributed by atoms with Crippen LogP contribution in [-0.4, -0.2) is 36.9 Å². The first-order valence-electron chi connectivity index (χ1n) is 11.4. The van der Waals surface area contributed by atoms with Gasteiger partial charge in [-0.1, -0.05) is 35.9 Å². The van der Waals surface area contributed by atoms with E-state index < -0.39 is 28.9 Å². The molecule has 2 amide bonds. The Labute approximate surface area is 228 Å². The highest BCUT2D eigenvalue weighted by molar-refractivity contribution is 8.18. The average Bonchev–Trinajstić information content (AvgIpc) is 3.39. The minimum atomic E-state index is -4.57. The van der Waals surface area contributed by atoms with E-state index in [0.717, 1.165) is 22.7 Å². The predicted molar refractivity (Wildman–Crippen MR) is 140 cm³/mol. The third-order valence-corrected chi connectivity index (χ3v) is 7.19. The summed E-state index contributed by atoms with van der Waals surface area (Å²) < 4.78 is 41.9. The monoisotopic (exact) mass is 571 g/mol. The summed E-state index contributed by atoms with van der Waals surface area (Å²) in [5, 5.41) is 13.5. The number of carboxylic acid groups (broad SMARTS) is 1. The quantitative estimate of drug-likeness (QED) is 0.259. The van der Waals surface area contributed by atoms with E-state index in [0.29, 0.717) is 22.0 Å². The number of amides is 2. The van der Waals surface area contributed by atoms with Gasteiger partial charge in [-0.15, -0.1) is 0 Å². The van der Waals surface area contributed by atoms with Gasteiger partial charge in [-0.05, 0) is 70.9 Å². The van der Waals surface area contributed by atoms with E-state index in [-0.39, 0.29) is 34.1 Å². The fourth-order valence-corrected chi connectivity index (χ4v) is 5.22. The van der Waals surface area contributed by atoms with E-state index >= 15 is 0 Å². The number of fused-ring (bicyclic) bond motifs is 1. The van der Waals surface area contributed by atoms with Crippen LogP contribution in [0.4, 0.5) is 18.0 Å². The van der Waals surface area contributed by atoms with Crippen molar-refractivity contribution >= 4 is 57.5 Å². The van der Waals surface area contributed by atoms with Crippen LogP contribution in [0.1, 0.15) is 32.6 Å². The maximum absolute atomic E-state index is 13.5. The molecule has 12 heteroatoms. The number of hydrogen-bond donors (Lipinski definition) is 1. The largest absolute Gasteiger partial charge is 0.478 e. The van der Waals surface area contributed by atoms with Crippen molar-refractivity contribution in [3.8, 4) is 0 Å². The number of carbonyl (C=O) groups excluding carboxylic acids is 2. The highest BCUT2D eigenvalue weighted by Gasteiger charge is 2.35. The minimum absolute atomic E-state index is 0.0146. The Kier molecular flexibility index (Phi) is 6.96. The van der Waals surface area contributed by atoms with Gasteiger partial charge in [0.1, 0.15) is 0 Å². The molecule has 0 aliphatic carbocycles. The van der Waals surface area contributed by atoms with Gasteiger partial charge < -0.3 is 5.11 Å². The number of nitrogens with zero attached hydrogens (tertiary/aromatic N) is 3. The van der Waals surface area contributed by atoms with Crippen LogP contribution >= 0.6 is 23.4 Å². The van der Waals surface area contributed by atoms with Crippen molar-refractivity contribution in [2.75, 3.05) is 0 Å². The topological polar surface area (TPSA) is 92.5 Å². The molecule has 0 bridgehead atoms.